The van der Waals surface area contributed by atoms with Gasteiger partial charge in [0.1, 0.15) is 11.8 Å². The van der Waals surface area contributed by atoms with E-state index in [1.807, 2.05) is 0 Å². The summed E-state index contributed by atoms with van der Waals surface area (Å²) >= 11 is 0. The molecule has 1 atom stereocenters. The predicted molar refractivity (Wildman–Crippen MR) is 67.6 cm³/mol. The van der Waals surface area contributed by atoms with Crippen LogP contribution < -0.4 is 4.72 Å². The Kier molecular flexibility index (Phi) is 5.07. The van der Waals surface area contributed by atoms with Gasteiger partial charge < -0.3 is 9.26 Å². The molecule has 0 saturated carbocycles. The summed E-state index contributed by atoms with van der Waals surface area (Å²) in [6.07, 6.45) is 0. The lowest BCUT2D eigenvalue weighted by Crippen LogP contribution is -2.45. The Morgan fingerprint density at radius 3 is 2.58 bits per heavy atom. The fourth-order valence-corrected chi connectivity index (χ4v) is 2.84. The van der Waals surface area contributed by atoms with Gasteiger partial charge in [0.2, 0.25) is 10.0 Å². The molecule has 0 spiro atoms. The molecule has 0 radical (unpaired) electrons. The van der Waals surface area contributed by atoms with Crippen molar-refractivity contribution in [3.05, 3.63) is 17.5 Å². The van der Waals surface area contributed by atoms with Gasteiger partial charge in [0.25, 0.3) is 0 Å². The third-order valence-electron chi connectivity index (χ3n) is 2.44. The second-order valence-electron chi connectivity index (χ2n) is 4.56. The summed E-state index contributed by atoms with van der Waals surface area (Å²) in [5, 5.41) is 3.61. The number of nitrogens with zero attached hydrogens (tertiary/aromatic N) is 1. The molecular weight excluding hydrogens is 272 g/mol. The van der Waals surface area contributed by atoms with E-state index in [0.29, 0.717) is 5.69 Å². The van der Waals surface area contributed by atoms with Gasteiger partial charge in [-0.2, -0.15) is 0 Å². The minimum absolute atomic E-state index is 0.220. The molecule has 1 heterocycles. The maximum Gasteiger partial charge on any atom is 0.324 e. The van der Waals surface area contributed by atoms with Crippen LogP contribution in [0.3, 0.4) is 0 Å². The van der Waals surface area contributed by atoms with E-state index < -0.39 is 22.0 Å². The summed E-state index contributed by atoms with van der Waals surface area (Å²) in [7, 11) is -2.49. The SMILES string of the molecule is COC(=O)[C@@H](NS(=O)(=O)Cc1cc(C)no1)C(C)C. The Hall–Kier alpha value is -1.41. The number of carbonyl (C=O) groups excluding carboxylic acids is 1. The molecule has 0 aliphatic heterocycles. The first-order chi connectivity index (χ1) is 8.75. The second-order valence-corrected chi connectivity index (χ2v) is 6.31. The number of methoxy groups -OCH3 is 1. The van der Waals surface area contributed by atoms with Gasteiger partial charge in [-0.1, -0.05) is 19.0 Å². The Labute approximate surface area is 112 Å². The van der Waals surface area contributed by atoms with Crippen LogP contribution in [0.15, 0.2) is 10.6 Å². The van der Waals surface area contributed by atoms with Crippen molar-refractivity contribution >= 4 is 16.0 Å². The van der Waals surface area contributed by atoms with Crippen molar-refractivity contribution in [1.29, 1.82) is 0 Å². The van der Waals surface area contributed by atoms with Crippen LogP contribution in [0.2, 0.25) is 0 Å². The summed E-state index contributed by atoms with van der Waals surface area (Å²) in [4.78, 5) is 11.5. The Morgan fingerprint density at radius 1 is 1.53 bits per heavy atom. The lowest BCUT2D eigenvalue weighted by atomic mass is 10.1. The molecule has 1 rings (SSSR count). The van der Waals surface area contributed by atoms with E-state index in [1.54, 1.807) is 20.8 Å². The number of aryl methyl sites for hydroxylation is 1. The molecule has 8 heteroatoms. The van der Waals surface area contributed by atoms with Crippen molar-refractivity contribution < 1.29 is 22.5 Å². The van der Waals surface area contributed by atoms with Crippen molar-refractivity contribution in [2.45, 2.75) is 32.6 Å². The van der Waals surface area contributed by atoms with Crippen LogP contribution in [0.25, 0.3) is 0 Å². The van der Waals surface area contributed by atoms with Crippen LogP contribution in [0.5, 0.6) is 0 Å². The number of hydrogen-bond donors (Lipinski definition) is 1. The van der Waals surface area contributed by atoms with Crippen LogP contribution >= 0.6 is 0 Å². The lowest BCUT2D eigenvalue weighted by Gasteiger charge is -2.19. The van der Waals surface area contributed by atoms with Crippen LogP contribution in [-0.2, 0) is 25.3 Å². The number of aromatic nitrogens is 1. The highest BCUT2D eigenvalue weighted by Crippen LogP contribution is 2.10. The molecule has 0 fully saturated rings. The first kappa shape index (κ1) is 15.6. The van der Waals surface area contributed by atoms with E-state index in [1.165, 1.54) is 13.2 Å². The van der Waals surface area contributed by atoms with E-state index >= 15 is 0 Å². The standard InChI is InChI=1S/C11H18N2O5S/c1-7(2)10(11(14)17-4)13-19(15,16)6-9-5-8(3)12-18-9/h5,7,10,13H,6H2,1-4H3/t10-/m0/s1. The largest absolute Gasteiger partial charge is 0.468 e. The van der Waals surface area contributed by atoms with Crippen LogP contribution in [0, 0.1) is 12.8 Å². The molecule has 0 aliphatic rings. The number of esters is 1. The minimum Gasteiger partial charge on any atom is -0.468 e. The molecule has 1 aromatic heterocycles. The van der Waals surface area contributed by atoms with Gasteiger partial charge in [-0.05, 0) is 12.8 Å². The Bertz CT molecular complexity index is 535. The molecule has 0 unspecified atom stereocenters. The first-order valence-corrected chi connectivity index (χ1v) is 7.40. The van der Waals surface area contributed by atoms with Gasteiger partial charge in [0.15, 0.2) is 5.76 Å². The molecule has 0 amide bonds. The number of ether oxygens (including phenoxy) is 1. The number of hydrogen-bond acceptors (Lipinski definition) is 6. The number of sulfonamides is 1. The molecule has 0 saturated heterocycles. The van der Waals surface area contributed by atoms with Gasteiger partial charge in [-0.25, -0.2) is 13.1 Å². The fraction of sp³-hybridized carbons (Fsp3) is 0.636. The van der Waals surface area contributed by atoms with E-state index in [-0.39, 0.29) is 17.4 Å². The highest BCUT2D eigenvalue weighted by atomic mass is 32.2. The molecule has 0 aromatic carbocycles. The third-order valence-corrected chi connectivity index (χ3v) is 3.71. The third kappa shape index (κ3) is 4.64. The smallest absolute Gasteiger partial charge is 0.324 e. The Morgan fingerprint density at radius 2 is 2.16 bits per heavy atom. The van der Waals surface area contributed by atoms with Crippen LogP contribution in [0.1, 0.15) is 25.3 Å². The monoisotopic (exact) mass is 290 g/mol. The van der Waals surface area contributed by atoms with Crippen molar-refractivity contribution in [2.75, 3.05) is 7.11 Å². The highest BCUT2D eigenvalue weighted by Gasteiger charge is 2.28. The van der Waals surface area contributed by atoms with E-state index in [2.05, 4.69) is 14.6 Å². The highest BCUT2D eigenvalue weighted by molar-refractivity contribution is 7.88. The zero-order valence-electron chi connectivity index (χ0n) is 11.3. The van der Waals surface area contributed by atoms with Crippen molar-refractivity contribution in [1.82, 2.24) is 9.88 Å². The van der Waals surface area contributed by atoms with Gasteiger partial charge in [-0.15, -0.1) is 0 Å². The first-order valence-electron chi connectivity index (χ1n) is 5.75. The zero-order chi connectivity index (χ0) is 14.6. The number of nitrogens with one attached hydrogen (secondary N) is 1. The predicted octanol–water partition coefficient (Wildman–Crippen LogP) is 0.600. The van der Waals surface area contributed by atoms with Gasteiger partial charge in [-0.3, -0.25) is 4.79 Å². The molecule has 7 nitrogen and oxygen atoms in total. The molecule has 19 heavy (non-hydrogen) atoms. The zero-order valence-corrected chi connectivity index (χ0v) is 12.2. The summed E-state index contributed by atoms with van der Waals surface area (Å²) < 4.78 is 35.6. The van der Waals surface area contributed by atoms with E-state index in [0.717, 1.165) is 0 Å². The van der Waals surface area contributed by atoms with E-state index in [4.69, 9.17) is 4.52 Å². The Balaban J connectivity index is 2.80. The van der Waals surface area contributed by atoms with Gasteiger partial charge in [0, 0.05) is 6.07 Å². The summed E-state index contributed by atoms with van der Waals surface area (Å²) in [5.74, 6) is -0.989. The minimum atomic E-state index is -3.71. The topological polar surface area (TPSA) is 98.5 Å². The van der Waals surface area contributed by atoms with Gasteiger partial charge >= 0.3 is 5.97 Å². The van der Waals surface area contributed by atoms with Gasteiger partial charge in [0.05, 0.1) is 12.8 Å². The summed E-state index contributed by atoms with van der Waals surface area (Å²) in [5.41, 5.74) is 0.596. The second kappa shape index (κ2) is 6.16. The molecule has 0 bridgehead atoms. The number of carbonyl (C=O) groups is 1. The van der Waals surface area contributed by atoms with Crippen molar-refractivity contribution in [3.63, 3.8) is 0 Å². The maximum absolute atomic E-state index is 11.9. The summed E-state index contributed by atoms with van der Waals surface area (Å²) in [6, 6.07) is 0.612. The molecule has 1 N–H and O–H groups in total. The quantitative estimate of drug-likeness (QED) is 0.770. The van der Waals surface area contributed by atoms with Crippen LogP contribution in [0.4, 0.5) is 0 Å². The number of rotatable bonds is 6. The average Bonchev–Trinajstić information content (AvgIpc) is 2.69. The molecular formula is C11H18N2O5S. The van der Waals surface area contributed by atoms with Crippen LogP contribution in [-0.4, -0.2) is 32.7 Å². The van der Waals surface area contributed by atoms with Crippen molar-refractivity contribution in [2.24, 2.45) is 5.92 Å². The normalized spacial score (nSPS) is 13.5. The van der Waals surface area contributed by atoms with Crippen molar-refractivity contribution in [3.8, 4) is 0 Å². The molecule has 1 aromatic rings. The summed E-state index contributed by atoms with van der Waals surface area (Å²) in [6.45, 7) is 5.14. The molecule has 0 aliphatic carbocycles. The maximum atomic E-state index is 11.9. The van der Waals surface area contributed by atoms with E-state index in [9.17, 15) is 13.2 Å². The molecule has 108 valence electrons. The average molecular weight is 290 g/mol. The fourth-order valence-electron chi connectivity index (χ4n) is 1.49. The lowest BCUT2D eigenvalue weighted by molar-refractivity contribution is -0.143.